The first-order valence-corrected chi connectivity index (χ1v) is 11.4. The zero-order valence-corrected chi connectivity index (χ0v) is 19.5. The van der Waals surface area contributed by atoms with Gasteiger partial charge in [-0.15, -0.1) is 11.8 Å². The minimum absolute atomic E-state index is 0.119. The van der Waals surface area contributed by atoms with E-state index in [0.717, 1.165) is 11.1 Å². The van der Waals surface area contributed by atoms with Crippen molar-refractivity contribution >= 4 is 23.6 Å². The lowest BCUT2D eigenvalue weighted by Crippen LogP contribution is -2.48. The van der Waals surface area contributed by atoms with Gasteiger partial charge in [0, 0.05) is 17.9 Å². The first kappa shape index (κ1) is 23.0. The van der Waals surface area contributed by atoms with E-state index in [1.54, 1.807) is 30.9 Å². The van der Waals surface area contributed by atoms with E-state index < -0.39 is 6.04 Å². The summed E-state index contributed by atoms with van der Waals surface area (Å²) in [4.78, 5) is 28.4. The van der Waals surface area contributed by atoms with Crippen molar-refractivity contribution < 1.29 is 19.1 Å². The molecule has 0 saturated carbocycles. The Morgan fingerprint density at radius 2 is 1.84 bits per heavy atom. The van der Waals surface area contributed by atoms with Gasteiger partial charge < -0.3 is 19.7 Å². The van der Waals surface area contributed by atoms with Crippen LogP contribution < -0.4 is 14.8 Å². The van der Waals surface area contributed by atoms with Crippen molar-refractivity contribution in [3.8, 4) is 11.5 Å². The SMILES string of the molecule is COc1ccc(C2SCC(C(=O)NCC(C)C)N2C(=O)c2ccccc2C)cc1OC. The highest BCUT2D eigenvalue weighted by Gasteiger charge is 2.43. The van der Waals surface area contributed by atoms with E-state index in [9.17, 15) is 9.59 Å². The molecule has 6 nitrogen and oxygen atoms in total. The number of rotatable bonds is 7. The van der Waals surface area contributed by atoms with E-state index in [0.29, 0.717) is 35.3 Å². The second-order valence-electron chi connectivity index (χ2n) is 7.98. The quantitative estimate of drug-likeness (QED) is 0.701. The highest BCUT2D eigenvalue weighted by molar-refractivity contribution is 7.99. The molecule has 0 aliphatic carbocycles. The summed E-state index contributed by atoms with van der Waals surface area (Å²) < 4.78 is 10.8. The molecule has 1 saturated heterocycles. The Labute approximate surface area is 188 Å². The fourth-order valence-electron chi connectivity index (χ4n) is 3.59. The summed E-state index contributed by atoms with van der Waals surface area (Å²) in [6.07, 6.45) is 0. The Morgan fingerprint density at radius 1 is 1.13 bits per heavy atom. The Hall–Kier alpha value is -2.67. The summed E-state index contributed by atoms with van der Waals surface area (Å²) in [5.74, 6) is 1.81. The molecule has 3 rings (SSSR count). The molecule has 7 heteroatoms. The molecule has 1 fully saturated rings. The van der Waals surface area contributed by atoms with Gasteiger partial charge in [-0.25, -0.2) is 0 Å². The smallest absolute Gasteiger partial charge is 0.256 e. The number of carbonyl (C=O) groups is 2. The van der Waals surface area contributed by atoms with Gasteiger partial charge in [-0.05, 0) is 42.2 Å². The van der Waals surface area contributed by atoms with Gasteiger partial charge in [-0.2, -0.15) is 0 Å². The molecule has 166 valence electrons. The van der Waals surface area contributed by atoms with Crippen LogP contribution >= 0.6 is 11.8 Å². The van der Waals surface area contributed by atoms with Crippen molar-refractivity contribution in [2.45, 2.75) is 32.2 Å². The summed E-state index contributed by atoms with van der Waals surface area (Å²) in [5, 5.41) is 2.69. The van der Waals surface area contributed by atoms with Crippen LogP contribution in [0.2, 0.25) is 0 Å². The van der Waals surface area contributed by atoms with Crippen molar-refractivity contribution in [2.24, 2.45) is 5.92 Å². The summed E-state index contributed by atoms with van der Waals surface area (Å²) in [6, 6.07) is 12.6. The van der Waals surface area contributed by atoms with Crippen LogP contribution in [-0.4, -0.2) is 49.3 Å². The number of benzene rings is 2. The number of aryl methyl sites for hydroxylation is 1. The van der Waals surface area contributed by atoms with Crippen LogP contribution in [0.15, 0.2) is 42.5 Å². The fourth-order valence-corrected chi connectivity index (χ4v) is 5.01. The molecule has 0 bridgehead atoms. The molecule has 0 aromatic heterocycles. The molecule has 31 heavy (non-hydrogen) atoms. The topological polar surface area (TPSA) is 67.9 Å². The maximum absolute atomic E-state index is 13.7. The standard InChI is InChI=1S/C24H30N2O4S/c1-15(2)13-25-22(27)19-14-31-24(17-10-11-20(29-4)21(12-17)30-5)26(19)23(28)18-9-7-6-8-16(18)3/h6-12,15,19,24H,13-14H2,1-5H3,(H,25,27). The second-order valence-corrected chi connectivity index (χ2v) is 9.10. The molecule has 1 aliphatic heterocycles. The summed E-state index contributed by atoms with van der Waals surface area (Å²) in [5.41, 5.74) is 2.39. The summed E-state index contributed by atoms with van der Waals surface area (Å²) in [7, 11) is 3.17. The monoisotopic (exact) mass is 442 g/mol. The van der Waals surface area contributed by atoms with Crippen molar-refractivity contribution in [1.29, 1.82) is 0 Å². The molecule has 2 aromatic rings. The number of ether oxygens (including phenoxy) is 2. The maximum atomic E-state index is 13.7. The molecule has 0 spiro atoms. The normalized spacial score (nSPS) is 18.2. The average Bonchev–Trinajstić information content (AvgIpc) is 3.22. The third-order valence-electron chi connectivity index (χ3n) is 5.29. The van der Waals surface area contributed by atoms with E-state index in [1.807, 2.05) is 63.2 Å². The van der Waals surface area contributed by atoms with Crippen LogP contribution in [0.3, 0.4) is 0 Å². The van der Waals surface area contributed by atoms with Crippen molar-refractivity contribution in [3.63, 3.8) is 0 Å². The number of methoxy groups -OCH3 is 2. The number of amides is 2. The summed E-state index contributed by atoms with van der Waals surface area (Å²) >= 11 is 1.58. The highest BCUT2D eigenvalue weighted by Crippen LogP contribution is 2.44. The van der Waals surface area contributed by atoms with Crippen molar-refractivity contribution in [2.75, 3.05) is 26.5 Å². The van der Waals surface area contributed by atoms with E-state index in [4.69, 9.17) is 9.47 Å². The number of hydrogen-bond acceptors (Lipinski definition) is 5. The molecular weight excluding hydrogens is 412 g/mol. The van der Waals surface area contributed by atoms with Gasteiger partial charge in [0.05, 0.1) is 14.2 Å². The lowest BCUT2D eigenvalue weighted by Gasteiger charge is -2.30. The molecule has 1 N–H and O–H groups in total. The first-order valence-electron chi connectivity index (χ1n) is 10.4. The zero-order valence-electron chi connectivity index (χ0n) is 18.7. The van der Waals surface area contributed by atoms with Crippen LogP contribution in [0.4, 0.5) is 0 Å². The van der Waals surface area contributed by atoms with E-state index in [-0.39, 0.29) is 17.2 Å². The van der Waals surface area contributed by atoms with E-state index in [1.165, 1.54) is 0 Å². The number of carbonyl (C=O) groups excluding carboxylic acids is 2. The number of nitrogens with one attached hydrogen (secondary N) is 1. The number of hydrogen-bond donors (Lipinski definition) is 1. The van der Waals surface area contributed by atoms with Crippen LogP contribution in [0.5, 0.6) is 11.5 Å². The van der Waals surface area contributed by atoms with Gasteiger partial charge in [0.15, 0.2) is 11.5 Å². The molecule has 1 heterocycles. The van der Waals surface area contributed by atoms with Crippen LogP contribution in [0.25, 0.3) is 0 Å². The highest BCUT2D eigenvalue weighted by atomic mass is 32.2. The number of nitrogens with zero attached hydrogens (tertiary/aromatic N) is 1. The minimum atomic E-state index is -0.547. The van der Waals surface area contributed by atoms with Gasteiger partial charge >= 0.3 is 0 Å². The van der Waals surface area contributed by atoms with Crippen molar-refractivity contribution in [1.82, 2.24) is 10.2 Å². The predicted molar refractivity (Wildman–Crippen MR) is 124 cm³/mol. The van der Waals surface area contributed by atoms with Gasteiger partial charge in [-0.1, -0.05) is 38.1 Å². The Bertz CT molecular complexity index is 947. The van der Waals surface area contributed by atoms with E-state index >= 15 is 0 Å². The minimum Gasteiger partial charge on any atom is -0.493 e. The average molecular weight is 443 g/mol. The number of thioether (sulfide) groups is 1. The van der Waals surface area contributed by atoms with Crippen molar-refractivity contribution in [3.05, 3.63) is 59.2 Å². The van der Waals surface area contributed by atoms with Crippen LogP contribution in [0.1, 0.15) is 40.7 Å². The molecule has 1 aliphatic rings. The van der Waals surface area contributed by atoms with Gasteiger partial charge in [0.1, 0.15) is 11.4 Å². The van der Waals surface area contributed by atoms with Gasteiger partial charge in [0.25, 0.3) is 5.91 Å². The predicted octanol–water partition coefficient (Wildman–Crippen LogP) is 4.04. The lowest BCUT2D eigenvalue weighted by atomic mass is 10.1. The fraction of sp³-hybridized carbons (Fsp3) is 0.417. The summed E-state index contributed by atoms with van der Waals surface area (Å²) in [6.45, 7) is 6.59. The maximum Gasteiger partial charge on any atom is 0.256 e. The van der Waals surface area contributed by atoms with Gasteiger partial charge in [0.2, 0.25) is 5.91 Å². The Balaban J connectivity index is 1.99. The molecule has 2 aromatic carbocycles. The third kappa shape index (κ3) is 4.98. The van der Waals surface area contributed by atoms with Crippen LogP contribution in [0, 0.1) is 12.8 Å². The molecule has 2 amide bonds. The Morgan fingerprint density at radius 3 is 2.48 bits per heavy atom. The largest absolute Gasteiger partial charge is 0.493 e. The first-order chi connectivity index (χ1) is 14.9. The molecule has 0 radical (unpaired) electrons. The van der Waals surface area contributed by atoms with Gasteiger partial charge in [-0.3, -0.25) is 9.59 Å². The zero-order chi connectivity index (χ0) is 22.5. The second kappa shape index (κ2) is 10.1. The lowest BCUT2D eigenvalue weighted by molar-refractivity contribution is -0.125. The molecule has 2 atom stereocenters. The van der Waals surface area contributed by atoms with Crippen LogP contribution in [-0.2, 0) is 4.79 Å². The molecular formula is C24H30N2O4S. The molecule has 2 unspecified atom stereocenters. The van der Waals surface area contributed by atoms with E-state index in [2.05, 4.69) is 5.32 Å². The third-order valence-corrected chi connectivity index (χ3v) is 6.61. The Kier molecular flexibility index (Phi) is 7.49.